The molecule has 126 valence electrons. The first kappa shape index (κ1) is 17.1. The summed E-state index contributed by atoms with van der Waals surface area (Å²) >= 11 is 12.8. The van der Waals surface area contributed by atoms with Gasteiger partial charge < -0.3 is 4.74 Å². The van der Waals surface area contributed by atoms with Crippen molar-refractivity contribution in [3.8, 4) is 5.69 Å². The van der Waals surface area contributed by atoms with E-state index in [4.69, 9.17) is 27.9 Å². The molecule has 6 heteroatoms. The van der Waals surface area contributed by atoms with Crippen molar-refractivity contribution in [2.75, 3.05) is 7.11 Å². The van der Waals surface area contributed by atoms with E-state index in [9.17, 15) is 4.79 Å². The lowest BCUT2D eigenvalue weighted by molar-refractivity contribution is -0.135. The molecule has 0 saturated heterocycles. The van der Waals surface area contributed by atoms with Gasteiger partial charge in [0.15, 0.2) is 0 Å². The summed E-state index contributed by atoms with van der Waals surface area (Å²) in [5, 5.41) is 5.86. The highest BCUT2D eigenvalue weighted by Gasteiger charge is 2.20. The van der Waals surface area contributed by atoms with E-state index >= 15 is 0 Å². The van der Waals surface area contributed by atoms with Gasteiger partial charge in [-0.3, -0.25) is 0 Å². The number of aryl methyl sites for hydroxylation is 1. The first-order chi connectivity index (χ1) is 11.5. The molecule has 3 rings (SSSR count). The van der Waals surface area contributed by atoms with Crippen molar-refractivity contribution in [3.05, 3.63) is 50.8 Å². The Bertz CT molecular complexity index is 825. The number of benzene rings is 1. The van der Waals surface area contributed by atoms with Crippen LogP contribution in [0.4, 0.5) is 0 Å². The van der Waals surface area contributed by atoms with Gasteiger partial charge >= 0.3 is 5.97 Å². The summed E-state index contributed by atoms with van der Waals surface area (Å²) in [6.07, 6.45) is 5.92. The van der Waals surface area contributed by atoms with E-state index in [1.54, 1.807) is 23.7 Å². The van der Waals surface area contributed by atoms with Gasteiger partial charge in [-0.05, 0) is 62.4 Å². The fourth-order valence-corrected chi connectivity index (χ4v) is 3.42. The standard InChI is InChI=1S/C18H18Cl2N2O2/c1-11(18(23)24-2)9-12-10-13(7-8-15(12)19)22-17(20)14-5-3-4-6-16(14)21-22/h7-10H,3-6H2,1-2H3/b11-9-. The lowest BCUT2D eigenvalue weighted by Gasteiger charge is -2.08. The molecule has 1 aromatic carbocycles. The van der Waals surface area contributed by atoms with Crippen LogP contribution in [0.15, 0.2) is 23.8 Å². The van der Waals surface area contributed by atoms with Crippen LogP contribution in [0.1, 0.15) is 36.6 Å². The van der Waals surface area contributed by atoms with Crippen molar-refractivity contribution < 1.29 is 9.53 Å². The Hall–Kier alpha value is -1.78. The summed E-state index contributed by atoms with van der Waals surface area (Å²) in [5.41, 5.74) is 4.23. The zero-order valence-corrected chi connectivity index (χ0v) is 15.1. The second-order valence-electron chi connectivity index (χ2n) is 5.86. The number of aromatic nitrogens is 2. The summed E-state index contributed by atoms with van der Waals surface area (Å²) in [6.45, 7) is 1.69. The first-order valence-electron chi connectivity index (χ1n) is 7.84. The molecule has 0 bridgehead atoms. The second kappa shape index (κ2) is 6.99. The number of hydrogen-bond donors (Lipinski definition) is 0. The van der Waals surface area contributed by atoms with Crippen molar-refractivity contribution in [1.82, 2.24) is 9.78 Å². The van der Waals surface area contributed by atoms with Gasteiger partial charge in [0.1, 0.15) is 5.15 Å². The number of esters is 1. The van der Waals surface area contributed by atoms with Crippen molar-refractivity contribution in [3.63, 3.8) is 0 Å². The van der Waals surface area contributed by atoms with Gasteiger partial charge in [0.2, 0.25) is 0 Å². The number of nitrogens with zero attached hydrogens (tertiary/aromatic N) is 2. The van der Waals surface area contributed by atoms with E-state index in [1.807, 2.05) is 12.1 Å². The second-order valence-corrected chi connectivity index (χ2v) is 6.62. The molecule has 0 unspecified atom stereocenters. The zero-order chi connectivity index (χ0) is 17.3. The third-order valence-electron chi connectivity index (χ3n) is 4.20. The average Bonchev–Trinajstić information content (AvgIpc) is 2.93. The molecule has 0 spiro atoms. The van der Waals surface area contributed by atoms with Crippen molar-refractivity contribution in [1.29, 1.82) is 0 Å². The summed E-state index contributed by atoms with van der Waals surface area (Å²) in [6, 6.07) is 5.53. The summed E-state index contributed by atoms with van der Waals surface area (Å²) < 4.78 is 6.47. The molecule has 1 aliphatic carbocycles. The highest BCUT2D eigenvalue weighted by Crippen LogP contribution is 2.31. The summed E-state index contributed by atoms with van der Waals surface area (Å²) in [5.74, 6) is -0.385. The lowest BCUT2D eigenvalue weighted by Crippen LogP contribution is -2.02. The minimum Gasteiger partial charge on any atom is -0.466 e. The summed E-state index contributed by atoms with van der Waals surface area (Å²) in [4.78, 5) is 11.6. The Morgan fingerprint density at radius 2 is 2.04 bits per heavy atom. The zero-order valence-electron chi connectivity index (χ0n) is 13.6. The van der Waals surface area contributed by atoms with Crippen LogP contribution in [0, 0.1) is 0 Å². The van der Waals surface area contributed by atoms with E-state index in [-0.39, 0.29) is 5.97 Å². The predicted octanol–water partition coefficient (Wildman–Crippen LogP) is 4.63. The van der Waals surface area contributed by atoms with Crippen LogP contribution in [0.5, 0.6) is 0 Å². The van der Waals surface area contributed by atoms with Gasteiger partial charge in [0.05, 0.1) is 18.5 Å². The topological polar surface area (TPSA) is 44.1 Å². The maximum absolute atomic E-state index is 11.6. The van der Waals surface area contributed by atoms with Gasteiger partial charge in [-0.25, -0.2) is 9.48 Å². The SMILES string of the molecule is COC(=O)/C(C)=C\c1cc(-n2nc3c(c2Cl)CCCC3)ccc1Cl. The van der Waals surface area contributed by atoms with Crippen LogP contribution >= 0.6 is 23.2 Å². The Morgan fingerprint density at radius 1 is 1.29 bits per heavy atom. The number of ether oxygens (including phenoxy) is 1. The smallest absolute Gasteiger partial charge is 0.333 e. The molecule has 4 nitrogen and oxygen atoms in total. The molecule has 0 N–H and O–H groups in total. The molecule has 1 heterocycles. The minimum atomic E-state index is -0.385. The van der Waals surface area contributed by atoms with Crippen molar-refractivity contribution in [2.24, 2.45) is 0 Å². The fraction of sp³-hybridized carbons (Fsp3) is 0.333. The fourth-order valence-electron chi connectivity index (χ4n) is 2.91. The van der Waals surface area contributed by atoms with E-state index in [0.717, 1.165) is 48.2 Å². The minimum absolute atomic E-state index is 0.385. The van der Waals surface area contributed by atoms with Crippen LogP contribution in [0.3, 0.4) is 0 Å². The monoisotopic (exact) mass is 364 g/mol. The number of halogens is 2. The number of rotatable bonds is 3. The van der Waals surface area contributed by atoms with Gasteiger partial charge in [-0.1, -0.05) is 23.2 Å². The molecular weight excluding hydrogens is 347 g/mol. The van der Waals surface area contributed by atoms with E-state index in [2.05, 4.69) is 5.10 Å². The number of carbonyl (C=O) groups is 1. The van der Waals surface area contributed by atoms with Crippen molar-refractivity contribution >= 4 is 35.2 Å². The molecule has 0 amide bonds. The highest BCUT2D eigenvalue weighted by molar-refractivity contribution is 6.32. The number of carbonyl (C=O) groups excluding carboxylic acids is 1. The van der Waals surface area contributed by atoms with Gasteiger partial charge in [-0.2, -0.15) is 5.10 Å². The molecule has 24 heavy (non-hydrogen) atoms. The molecule has 0 atom stereocenters. The largest absolute Gasteiger partial charge is 0.466 e. The molecule has 2 aromatic rings. The normalized spacial score (nSPS) is 14.4. The highest BCUT2D eigenvalue weighted by atomic mass is 35.5. The van der Waals surface area contributed by atoms with Crippen LogP contribution < -0.4 is 0 Å². The van der Waals surface area contributed by atoms with Gasteiger partial charge in [-0.15, -0.1) is 0 Å². The first-order valence-corrected chi connectivity index (χ1v) is 8.59. The molecule has 0 radical (unpaired) electrons. The van der Waals surface area contributed by atoms with Crippen LogP contribution in [0.25, 0.3) is 11.8 Å². The molecule has 0 aliphatic heterocycles. The van der Waals surface area contributed by atoms with Gasteiger partial charge in [0.25, 0.3) is 0 Å². The van der Waals surface area contributed by atoms with Gasteiger partial charge in [0, 0.05) is 16.2 Å². The maximum atomic E-state index is 11.6. The third-order valence-corrected chi connectivity index (χ3v) is 4.93. The Labute approximate surface area is 151 Å². The summed E-state index contributed by atoms with van der Waals surface area (Å²) in [7, 11) is 1.35. The third kappa shape index (κ3) is 3.21. The number of fused-ring (bicyclic) bond motifs is 1. The van der Waals surface area contributed by atoms with Crippen LogP contribution in [-0.4, -0.2) is 22.9 Å². The predicted molar refractivity (Wildman–Crippen MR) is 95.9 cm³/mol. The Morgan fingerprint density at radius 3 is 2.75 bits per heavy atom. The van der Waals surface area contributed by atoms with E-state index in [0.29, 0.717) is 15.7 Å². The molecule has 1 aliphatic rings. The molecule has 1 aromatic heterocycles. The van der Waals surface area contributed by atoms with Crippen LogP contribution in [0.2, 0.25) is 10.2 Å². The van der Waals surface area contributed by atoms with E-state index in [1.165, 1.54) is 7.11 Å². The molecule has 0 fully saturated rings. The average molecular weight is 365 g/mol. The maximum Gasteiger partial charge on any atom is 0.333 e. The Balaban J connectivity index is 2.03. The lowest BCUT2D eigenvalue weighted by atomic mass is 9.99. The number of methoxy groups -OCH3 is 1. The van der Waals surface area contributed by atoms with Crippen molar-refractivity contribution in [2.45, 2.75) is 32.6 Å². The van der Waals surface area contributed by atoms with E-state index < -0.39 is 0 Å². The Kier molecular flexibility index (Phi) is 4.97. The number of hydrogen-bond acceptors (Lipinski definition) is 3. The molecular formula is C18H18Cl2N2O2. The quantitative estimate of drug-likeness (QED) is 0.588. The molecule has 0 saturated carbocycles. The van der Waals surface area contributed by atoms with Crippen LogP contribution in [-0.2, 0) is 22.4 Å².